The Morgan fingerprint density at radius 2 is 1.90 bits per heavy atom. The molecule has 0 unspecified atom stereocenters. The van der Waals surface area contributed by atoms with Crippen molar-refractivity contribution in [1.29, 1.82) is 0 Å². The Balaban J connectivity index is 2.41. The van der Waals surface area contributed by atoms with Crippen LogP contribution in [-0.2, 0) is 16.3 Å². The van der Waals surface area contributed by atoms with Crippen molar-refractivity contribution >= 4 is 15.5 Å². The average Bonchev–Trinajstić information content (AvgIpc) is 2.45. The molecule has 0 aliphatic carbocycles. The van der Waals surface area contributed by atoms with Gasteiger partial charge in [-0.3, -0.25) is 0 Å². The summed E-state index contributed by atoms with van der Waals surface area (Å²) in [6.07, 6.45) is 2.13. The van der Waals surface area contributed by atoms with E-state index in [2.05, 4.69) is 5.16 Å². The number of rotatable bonds is 9. The third-order valence-corrected chi connectivity index (χ3v) is 4.87. The van der Waals surface area contributed by atoms with Crippen LogP contribution in [0.25, 0.3) is 0 Å². The van der Waals surface area contributed by atoms with E-state index in [0.717, 1.165) is 12.0 Å². The number of oxime groups is 1. The zero-order chi connectivity index (χ0) is 15.7. The number of hydrogen-bond donors (Lipinski definition) is 1. The molecular formula is C15H23NO4S. The van der Waals surface area contributed by atoms with E-state index in [9.17, 15) is 8.42 Å². The van der Waals surface area contributed by atoms with Gasteiger partial charge in [0.2, 0.25) is 0 Å². The summed E-state index contributed by atoms with van der Waals surface area (Å²) in [6.45, 7) is 3.80. The minimum Gasteiger partial charge on any atom is -0.493 e. The minimum absolute atomic E-state index is 0.0503. The molecule has 0 saturated heterocycles. The predicted molar refractivity (Wildman–Crippen MR) is 84.1 cm³/mol. The highest BCUT2D eigenvalue weighted by Crippen LogP contribution is 2.14. The summed E-state index contributed by atoms with van der Waals surface area (Å²) in [5, 5.41) is 11.7. The second kappa shape index (κ2) is 8.67. The molecule has 0 amide bonds. The lowest BCUT2D eigenvalue weighted by Gasteiger charge is -2.07. The third kappa shape index (κ3) is 7.13. The molecule has 21 heavy (non-hydrogen) atoms. The van der Waals surface area contributed by atoms with E-state index < -0.39 is 9.84 Å². The molecule has 1 aromatic carbocycles. The Morgan fingerprint density at radius 1 is 1.24 bits per heavy atom. The van der Waals surface area contributed by atoms with Crippen molar-refractivity contribution in [3.63, 3.8) is 0 Å². The Labute approximate surface area is 126 Å². The fourth-order valence-electron chi connectivity index (χ4n) is 1.83. The maximum Gasteiger partial charge on any atom is 0.153 e. The quantitative estimate of drug-likeness (QED) is 0.432. The molecule has 0 saturated carbocycles. The van der Waals surface area contributed by atoms with Gasteiger partial charge in [0.15, 0.2) is 9.84 Å². The third-order valence-electron chi connectivity index (χ3n) is 3.05. The largest absolute Gasteiger partial charge is 0.493 e. The second-order valence-corrected chi connectivity index (χ2v) is 7.28. The summed E-state index contributed by atoms with van der Waals surface area (Å²) in [4.78, 5) is 0. The van der Waals surface area contributed by atoms with Gasteiger partial charge in [-0.15, -0.1) is 0 Å². The maximum absolute atomic E-state index is 11.5. The van der Waals surface area contributed by atoms with Crippen LogP contribution in [-0.4, -0.2) is 37.4 Å². The number of aryl methyl sites for hydroxylation is 1. The van der Waals surface area contributed by atoms with Gasteiger partial charge in [-0.05, 0) is 43.9 Å². The van der Waals surface area contributed by atoms with Crippen molar-refractivity contribution in [1.82, 2.24) is 0 Å². The monoisotopic (exact) mass is 313 g/mol. The van der Waals surface area contributed by atoms with Crippen LogP contribution in [0.1, 0.15) is 32.3 Å². The van der Waals surface area contributed by atoms with Crippen LogP contribution in [0.15, 0.2) is 29.4 Å². The van der Waals surface area contributed by atoms with Crippen LogP contribution in [0.3, 0.4) is 0 Å². The Hall–Kier alpha value is -1.56. The van der Waals surface area contributed by atoms with Gasteiger partial charge in [-0.25, -0.2) is 8.42 Å². The van der Waals surface area contributed by atoms with Crippen LogP contribution in [0, 0.1) is 0 Å². The molecule has 0 spiro atoms. The SMILES string of the molecule is CCCS(=O)(=O)CCOc1ccc(CC/C(C)=N/O)cc1. The lowest BCUT2D eigenvalue weighted by molar-refractivity contribution is 0.317. The Kier molecular flexibility index (Phi) is 7.22. The zero-order valence-corrected chi connectivity index (χ0v) is 13.4. The molecule has 1 aromatic rings. The topological polar surface area (TPSA) is 76.0 Å². The van der Waals surface area contributed by atoms with E-state index in [1.54, 1.807) is 6.92 Å². The molecule has 0 fully saturated rings. The summed E-state index contributed by atoms with van der Waals surface area (Å²) in [5.74, 6) is 0.925. The highest BCUT2D eigenvalue weighted by molar-refractivity contribution is 7.91. The molecular weight excluding hydrogens is 290 g/mol. The first-order valence-electron chi connectivity index (χ1n) is 7.06. The first-order valence-corrected chi connectivity index (χ1v) is 8.88. The van der Waals surface area contributed by atoms with Gasteiger partial charge in [0.1, 0.15) is 12.4 Å². The summed E-state index contributed by atoms with van der Waals surface area (Å²) < 4.78 is 28.5. The lowest BCUT2D eigenvalue weighted by Crippen LogP contribution is -2.16. The van der Waals surface area contributed by atoms with E-state index in [4.69, 9.17) is 9.94 Å². The molecule has 6 heteroatoms. The van der Waals surface area contributed by atoms with E-state index in [-0.39, 0.29) is 18.1 Å². The molecule has 118 valence electrons. The summed E-state index contributed by atoms with van der Waals surface area (Å²) in [5.41, 5.74) is 1.81. The minimum atomic E-state index is -2.99. The molecule has 0 radical (unpaired) electrons. The molecule has 0 aliphatic rings. The van der Waals surface area contributed by atoms with Gasteiger partial charge in [-0.2, -0.15) is 0 Å². The van der Waals surface area contributed by atoms with Gasteiger partial charge in [0.05, 0.1) is 17.2 Å². The normalized spacial score (nSPS) is 12.4. The van der Waals surface area contributed by atoms with Crippen molar-refractivity contribution in [2.45, 2.75) is 33.1 Å². The zero-order valence-electron chi connectivity index (χ0n) is 12.6. The molecule has 0 aromatic heterocycles. The van der Waals surface area contributed by atoms with Crippen LogP contribution >= 0.6 is 0 Å². The van der Waals surface area contributed by atoms with Crippen molar-refractivity contribution in [3.05, 3.63) is 29.8 Å². The van der Waals surface area contributed by atoms with E-state index in [1.165, 1.54) is 0 Å². The molecule has 0 heterocycles. The smallest absolute Gasteiger partial charge is 0.153 e. The van der Waals surface area contributed by atoms with Crippen LogP contribution in [0.2, 0.25) is 0 Å². The number of ether oxygens (including phenoxy) is 1. The number of nitrogens with zero attached hydrogens (tertiary/aromatic N) is 1. The van der Waals surface area contributed by atoms with Crippen LogP contribution in [0.4, 0.5) is 0 Å². The van der Waals surface area contributed by atoms with E-state index in [0.29, 0.717) is 24.3 Å². The maximum atomic E-state index is 11.5. The van der Waals surface area contributed by atoms with Crippen molar-refractivity contribution in [2.24, 2.45) is 5.16 Å². The van der Waals surface area contributed by atoms with Gasteiger partial charge in [0, 0.05) is 0 Å². The number of benzene rings is 1. The predicted octanol–water partition coefficient (Wildman–Crippen LogP) is 2.67. The van der Waals surface area contributed by atoms with E-state index in [1.807, 2.05) is 31.2 Å². The fraction of sp³-hybridized carbons (Fsp3) is 0.533. The molecule has 0 aliphatic heterocycles. The summed E-state index contributed by atoms with van der Waals surface area (Å²) >= 11 is 0. The number of hydrogen-bond acceptors (Lipinski definition) is 5. The summed E-state index contributed by atoms with van der Waals surface area (Å²) in [7, 11) is -2.99. The summed E-state index contributed by atoms with van der Waals surface area (Å²) in [6, 6.07) is 7.52. The second-order valence-electron chi connectivity index (χ2n) is 4.98. The highest BCUT2D eigenvalue weighted by atomic mass is 32.2. The van der Waals surface area contributed by atoms with Gasteiger partial charge in [0.25, 0.3) is 0 Å². The first-order chi connectivity index (χ1) is 9.96. The molecule has 0 atom stereocenters. The van der Waals surface area contributed by atoms with Gasteiger partial charge < -0.3 is 9.94 Å². The fourth-order valence-corrected chi connectivity index (χ4v) is 2.99. The Bertz CT molecular complexity index is 550. The van der Waals surface area contributed by atoms with Crippen molar-refractivity contribution in [2.75, 3.05) is 18.1 Å². The van der Waals surface area contributed by atoms with Gasteiger partial charge in [-0.1, -0.05) is 24.2 Å². The van der Waals surface area contributed by atoms with Crippen molar-refractivity contribution < 1.29 is 18.4 Å². The van der Waals surface area contributed by atoms with Crippen LogP contribution < -0.4 is 4.74 Å². The highest BCUT2D eigenvalue weighted by Gasteiger charge is 2.09. The first kappa shape index (κ1) is 17.5. The molecule has 5 nitrogen and oxygen atoms in total. The number of sulfone groups is 1. The standard InChI is InChI=1S/C15H23NO4S/c1-3-11-21(18,19)12-10-20-15-8-6-14(7-9-15)5-4-13(2)16-17/h6-9,17H,3-5,10-12H2,1-2H3/b16-13+. The average molecular weight is 313 g/mol. The van der Waals surface area contributed by atoms with Crippen LogP contribution in [0.5, 0.6) is 5.75 Å². The molecule has 1 N–H and O–H groups in total. The lowest BCUT2D eigenvalue weighted by atomic mass is 10.1. The van der Waals surface area contributed by atoms with Gasteiger partial charge >= 0.3 is 0 Å². The molecule has 1 rings (SSSR count). The molecule has 0 bridgehead atoms. The van der Waals surface area contributed by atoms with Crippen molar-refractivity contribution in [3.8, 4) is 5.75 Å². The van der Waals surface area contributed by atoms with E-state index >= 15 is 0 Å². The Morgan fingerprint density at radius 3 is 2.48 bits per heavy atom.